The van der Waals surface area contributed by atoms with Gasteiger partial charge >= 0.3 is 0 Å². The molecule has 4 fully saturated rings. The molecule has 6 rings (SSSR count). The summed E-state index contributed by atoms with van der Waals surface area (Å²) in [5.74, 6) is 1.50. The maximum absolute atomic E-state index is 12.5. The molecule has 1 heterocycles. The van der Waals surface area contributed by atoms with Crippen LogP contribution >= 0.6 is 0 Å². The van der Waals surface area contributed by atoms with Crippen molar-refractivity contribution in [2.75, 3.05) is 6.61 Å². The number of rotatable bonds is 3. The van der Waals surface area contributed by atoms with Gasteiger partial charge in [0.05, 0.1) is 0 Å². The molecule has 8 atom stereocenters. The maximum atomic E-state index is 12.5. The van der Waals surface area contributed by atoms with Gasteiger partial charge in [-0.25, -0.2) is 0 Å². The highest BCUT2D eigenvalue weighted by Crippen LogP contribution is 2.71. The van der Waals surface area contributed by atoms with Gasteiger partial charge in [0.2, 0.25) is 0 Å². The van der Waals surface area contributed by atoms with E-state index in [1.807, 2.05) is 36.4 Å². The van der Waals surface area contributed by atoms with Gasteiger partial charge < -0.3 is 14.6 Å². The monoisotopic (exact) mass is 434 g/mol. The molecule has 0 bridgehead atoms. The van der Waals surface area contributed by atoms with Gasteiger partial charge in [-0.05, 0) is 80.1 Å². The molecule has 5 aliphatic rings. The molecule has 0 amide bonds. The second-order valence-electron chi connectivity index (χ2n) is 11.4. The van der Waals surface area contributed by atoms with Crippen molar-refractivity contribution in [3.8, 4) is 5.75 Å². The first-order valence-corrected chi connectivity index (χ1v) is 12.3. The van der Waals surface area contributed by atoms with E-state index in [0.29, 0.717) is 24.4 Å². The van der Waals surface area contributed by atoms with E-state index in [0.717, 1.165) is 37.9 Å². The van der Waals surface area contributed by atoms with Crippen molar-refractivity contribution >= 4 is 5.78 Å². The van der Waals surface area contributed by atoms with Crippen molar-refractivity contribution in [3.05, 3.63) is 54.1 Å². The average Bonchev–Trinajstić information content (AvgIpc) is 3.52. The number of epoxide rings is 1. The Balaban J connectivity index is 1.35. The SMILES string of the molecule is C[C@@H]1C[C@H]2[C@@H]3CCC4=CC(=O)C=C[C@]4(C)[C@H]3CC[C@]2(C)[C@@]1(O)C1(Oc2ccccc2)CO1. The van der Waals surface area contributed by atoms with Crippen LogP contribution in [0, 0.1) is 34.5 Å². The molecule has 170 valence electrons. The van der Waals surface area contributed by atoms with E-state index in [1.165, 1.54) is 5.57 Å². The molecule has 1 aromatic rings. The van der Waals surface area contributed by atoms with Crippen LogP contribution in [0.25, 0.3) is 0 Å². The van der Waals surface area contributed by atoms with E-state index in [1.54, 1.807) is 6.08 Å². The number of fused-ring (bicyclic) bond motifs is 5. The van der Waals surface area contributed by atoms with E-state index in [-0.39, 0.29) is 22.5 Å². The van der Waals surface area contributed by atoms with Crippen LogP contribution in [0.15, 0.2) is 54.1 Å². The third-order valence-electron chi connectivity index (χ3n) is 10.2. The van der Waals surface area contributed by atoms with Crippen LogP contribution in [0.5, 0.6) is 5.75 Å². The number of hydrogen-bond acceptors (Lipinski definition) is 4. The van der Waals surface area contributed by atoms with Gasteiger partial charge in [-0.1, -0.05) is 50.6 Å². The van der Waals surface area contributed by atoms with Crippen LogP contribution < -0.4 is 4.74 Å². The maximum Gasteiger partial charge on any atom is 0.264 e. The number of carbonyl (C=O) groups excluding carboxylic acids is 1. The molecule has 0 radical (unpaired) electrons. The molecule has 1 unspecified atom stereocenters. The zero-order valence-corrected chi connectivity index (χ0v) is 19.3. The number of hydrogen-bond donors (Lipinski definition) is 1. The molecule has 4 heteroatoms. The van der Waals surface area contributed by atoms with Crippen LogP contribution in [0.3, 0.4) is 0 Å². The zero-order valence-electron chi connectivity index (χ0n) is 19.3. The Morgan fingerprint density at radius 2 is 1.88 bits per heavy atom. The normalized spacial score (nSPS) is 49.0. The van der Waals surface area contributed by atoms with Crippen molar-refractivity contribution < 1.29 is 19.4 Å². The smallest absolute Gasteiger partial charge is 0.264 e. The predicted octanol–water partition coefficient (Wildman–Crippen LogP) is 5.08. The summed E-state index contributed by atoms with van der Waals surface area (Å²) in [5.41, 5.74) is -0.00683. The Bertz CT molecular complexity index is 1010. The molecule has 1 N–H and O–H groups in total. The van der Waals surface area contributed by atoms with Crippen LogP contribution in [-0.2, 0) is 9.53 Å². The first-order valence-electron chi connectivity index (χ1n) is 12.3. The summed E-state index contributed by atoms with van der Waals surface area (Å²) in [6, 6.07) is 9.77. The molecule has 3 saturated carbocycles. The van der Waals surface area contributed by atoms with E-state index < -0.39 is 11.4 Å². The van der Waals surface area contributed by atoms with Crippen molar-refractivity contribution in [1.29, 1.82) is 0 Å². The largest absolute Gasteiger partial charge is 0.457 e. The summed E-state index contributed by atoms with van der Waals surface area (Å²) in [5, 5.41) is 12.5. The van der Waals surface area contributed by atoms with Crippen LogP contribution in [0.4, 0.5) is 0 Å². The molecule has 4 nitrogen and oxygen atoms in total. The Morgan fingerprint density at radius 1 is 1.12 bits per heavy atom. The van der Waals surface area contributed by atoms with Crippen molar-refractivity contribution in [1.82, 2.24) is 0 Å². The predicted molar refractivity (Wildman–Crippen MR) is 122 cm³/mol. The topological polar surface area (TPSA) is 59.1 Å². The highest BCUT2D eigenvalue weighted by atomic mass is 16.8. The van der Waals surface area contributed by atoms with Gasteiger partial charge in [-0.3, -0.25) is 4.79 Å². The molecule has 1 saturated heterocycles. The molecule has 4 aliphatic carbocycles. The van der Waals surface area contributed by atoms with E-state index in [4.69, 9.17) is 9.47 Å². The highest BCUT2D eigenvalue weighted by molar-refractivity contribution is 6.01. The third kappa shape index (κ3) is 2.48. The summed E-state index contributed by atoms with van der Waals surface area (Å²) in [4.78, 5) is 12.0. The Morgan fingerprint density at radius 3 is 2.59 bits per heavy atom. The Hall–Kier alpha value is -1.91. The van der Waals surface area contributed by atoms with E-state index >= 15 is 0 Å². The third-order valence-corrected chi connectivity index (χ3v) is 10.2. The van der Waals surface area contributed by atoms with E-state index in [2.05, 4.69) is 26.8 Å². The molecular formula is C28H34O4. The number of allylic oxidation sites excluding steroid dienone is 4. The second-order valence-corrected chi connectivity index (χ2v) is 11.4. The number of carbonyl (C=O) groups is 1. The van der Waals surface area contributed by atoms with Crippen molar-refractivity contribution in [2.45, 2.75) is 64.3 Å². The fourth-order valence-corrected chi connectivity index (χ4v) is 8.45. The van der Waals surface area contributed by atoms with Gasteiger partial charge in [0.25, 0.3) is 5.79 Å². The minimum Gasteiger partial charge on any atom is -0.457 e. The molecule has 1 aliphatic heterocycles. The minimum absolute atomic E-state index is 0.0313. The molecular weight excluding hydrogens is 400 g/mol. The quantitative estimate of drug-likeness (QED) is 0.674. The lowest BCUT2D eigenvalue weighted by molar-refractivity contribution is -0.221. The second kappa shape index (κ2) is 6.57. The highest BCUT2D eigenvalue weighted by Gasteiger charge is 2.78. The fraction of sp³-hybridized carbons (Fsp3) is 0.607. The number of aliphatic hydroxyl groups is 1. The Labute approximate surface area is 190 Å². The summed E-state index contributed by atoms with van der Waals surface area (Å²) >= 11 is 0. The van der Waals surface area contributed by atoms with Gasteiger partial charge in [0.15, 0.2) is 5.78 Å². The molecule has 1 aromatic carbocycles. The van der Waals surface area contributed by atoms with Crippen LogP contribution in [0.2, 0.25) is 0 Å². The number of ketones is 1. The number of ether oxygens (including phenoxy) is 2. The number of benzene rings is 1. The van der Waals surface area contributed by atoms with Gasteiger partial charge in [0, 0.05) is 10.8 Å². The van der Waals surface area contributed by atoms with Crippen LogP contribution in [-0.4, -0.2) is 28.9 Å². The first kappa shape index (κ1) is 20.7. The molecule has 0 spiro atoms. The minimum atomic E-state index is -1.03. The summed E-state index contributed by atoms with van der Waals surface area (Å²) in [6.45, 7) is 7.25. The summed E-state index contributed by atoms with van der Waals surface area (Å²) in [6.07, 6.45) is 10.9. The lowest BCUT2D eigenvalue weighted by Crippen LogP contribution is -2.63. The standard InChI is InChI=1S/C28H34O4/c1-18-15-24-22-10-9-19-16-20(29)11-13-25(19,2)23(22)12-14-26(24,3)28(18,30)27(17-31-27)32-21-7-5-4-6-8-21/h4-8,11,13,16,18,22-24,30H,9-10,12,14-15,17H2,1-3H3/t18-,22-,23+,24+,25+,26+,27?,28-/m1/s1. The van der Waals surface area contributed by atoms with Gasteiger partial charge in [-0.2, -0.15) is 0 Å². The molecule has 32 heavy (non-hydrogen) atoms. The van der Waals surface area contributed by atoms with Crippen molar-refractivity contribution in [2.24, 2.45) is 34.5 Å². The lowest BCUT2D eigenvalue weighted by atomic mass is 9.47. The average molecular weight is 435 g/mol. The lowest BCUT2D eigenvalue weighted by Gasteiger charge is -2.58. The summed E-state index contributed by atoms with van der Waals surface area (Å²) in [7, 11) is 0. The van der Waals surface area contributed by atoms with Crippen LogP contribution in [0.1, 0.15) is 52.9 Å². The fourth-order valence-electron chi connectivity index (χ4n) is 8.45. The zero-order chi connectivity index (χ0) is 22.4. The number of para-hydroxylation sites is 1. The Kier molecular flexibility index (Phi) is 4.25. The van der Waals surface area contributed by atoms with Crippen molar-refractivity contribution in [3.63, 3.8) is 0 Å². The first-order chi connectivity index (χ1) is 15.2. The van der Waals surface area contributed by atoms with E-state index in [9.17, 15) is 9.90 Å². The summed E-state index contributed by atoms with van der Waals surface area (Å²) < 4.78 is 12.4. The van der Waals surface area contributed by atoms with Gasteiger partial charge in [-0.15, -0.1) is 0 Å². The van der Waals surface area contributed by atoms with Gasteiger partial charge in [0.1, 0.15) is 18.0 Å². The molecule has 0 aromatic heterocycles.